The number of nitrogens with zero attached hydrogens (tertiary/aromatic N) is 1. The molecule has 0 fully saturated rings. The van der Waals surface area contributed by atoms with Crippen LogP contribution in [0, 0.1) is 13.8 Å². The second-order valence-corrected chi connectivity index (χ2v) is 6.77. The number of aromatic nitrogens is 1. The largest absolute Gasteiger partial charge is 0.444 e. The van der Waals surface area contributed by atoms with Crippen LogP contribution in [-0.4, -0.2) is 22.0 Å². The van der Waals surface area contributed by atoms with Crippen LogP contribution in [0.25, 0.3) is 0 Å². The second-order valence-electron chi connectivity index (χ2n) is 5.39. The molecule has 120 valence electrons. The van der Waals surface area contributed by atoms with Gasteiger partial charge in [0.25, 0.3) is 5.91 Å². The summed E-state index contributed by atoms with van der Waals surface area (Å²) >= 11 is 1.49. The fourth-order valence-corrected chi connectivity index (χ4v) is 3.15. The molecule has 3 rings (SSSR count). The van der Waals surface area contributed by atoms with E-state index in [1.54, 1.807) is 12.1 Å². The van der Waals surface area contributed by atoms with Gasteiger partial charge in [0, 0.05) is 10.5 Å². The number of anilines is 1. The van der Waals surface area contributed by atoms with E-state index in [4.69, 9.17) is 4.42 Å². The van der Waals surface area contributed by atoms with E-state index < -0.39 is 0 Å². The Morgan fingerprint density at radius 2 is 2.22 bits per heavy atom. The van der Waals surface area contributed by atoms with Crippen LogP contribution in [0.4, 0.5) is 5.69 Å². The zero-order valence-electron chi connectivity index (χ0n) is 13.1. The van der Waals surface area contributed by atoms with Crippen LogP contribution >= 0.6 is 11.8 Å². The minimum absolute atomic E-state index is 0.0502. The molecule has 2 aromatic rings. The van der Waals surface area contributed by atoms with Gasteiger partial charge in [-0.05, 0) is 39.0 Å². The lowest BCUT2D eigenvalue weighted by molar-refractivity contribution is -0.115. The first-order valence-electron chi connectivity index (χ1n) is 7.26. The van der Waals surface area contributed by atoms with Crippen molar-refractivity contribution in [3.05, 3.63) is 41.1 Å². The van der Waals surface area contributed by atoms with Crippen LogP contribution in [0.1, 0.15) is 34.6 Å². The molecule has 1 aromatic heterocycles. The number of rotatable bonds is 3. The van der Waals surface area contributed by atoms with E-state index in [0.717, 1.165) is 16.3 Å². The third-order valence-corrected chi connectivity index (χ3v) is 4.82. The number of benzene rings is 1. The predicted octanol–water partition coefficient (Wildman–Crippen LogP) is 2.65. The number of nitrogens with one attached hydrogen (secondary N) is 2. The van der Waals surface area contributed by atoms with Gasteiger partial charge in [-0.3, -0.25) is 9.59 Å². The Morgan fingerprint density at radius 3 is 2.91 bits per heavy atom. The van der Waals surface area contributed by atoms with E-state index in [0.29, 0.717) is 17.1 Å². The van der Waals surface area contributed by atoms with Crippen molar-refractivity contribution in [2.75, 3.05) is 5.32 Å². The zero-order chi connectivity index (χ0) is 16.6. The van der Waals surface area contributed by atoms with Crippen LogP contribution in [-0.2, 0) is 11.3 Å². The Bertz CT molecular complexity index is 765. The summed E-state index contributed by atoms with van der Waals surface area (Å²) in [5.41, 5.74) is 1.98. The Kier molecular flexibility index (Phi) is 4.12. The van der Waals surface area contributed by atoms with Gasteiger partial charge in [-0.1, -0.05) is 0 Å². The summed E-state index contributed by atoms with van der Waals surface area (Å²) in [6.45, 7) is 5.76. The van der Waals surface area contributed by atoms with Gasteiger partial charge >= 0.3 is 0 Å². The summed E-state index contributed by atoms with van der Waals surface area (Å²) in [4.78, 5) is 29.2. The van der Waals surface area contributed by atoms with Crippen LogP contribution in [0.3, 0.4) is 0 Å². The van der Waals surface area contributed by atoms with Crippen molar-refractivity contribution in [1.29, 1.82) is 0 Å². The Hall–Kier alpha value is -2.28. The zero-order valence-corrected chi connectivity index (χ0v) is 13.9. The fourth-order valence-electron chi connectivity index (χ4n) is 2.22. The second kappa shape index (κ2) is 6.08. The fraction of sp³-hybridized carbons (Fsp3) is 0.312. The molecule has 0 spiro atoms. The van der Waals surface area contributed by atoms with E-state index in [1.165, 1.54) is 11.8 Å². The molecular weight excluding hydrogens is 314 g/mol. The Balaban J connectivity index is 1.70. The van der Waals surface area contributed by atoms with Crippen molar-refractivity contribution in [3.63, 3.8) is 0 Å². The van der Waals surface area contributed by atoms with E-state index in [2.05, 4.69) is 15.6 Å². The summed E-state index contributed by atoms with van der Waals surface area (Å²) < 4.78 is 5.43. The highest BCUT2D eigenvalue weighted by atomic mass is 32.2. The average molecular weight is 331 g/mol. The molecule has 1 aliphatic heterocycles. The monoisotopic (exact) mass is 331 g/mol. The topological polar surface area (TPSA) is 84.2 Å². The highest BCUT2D eigenvalue weighted by Crippen LogP contribution is 2.35. The van der Waals surface area contributed by atoms with E-state index in [9.17, 15) is 9.59 Å². The first-order valence-corrected chi connectivity index (χ1v) is 8.14. The molecule has 0 bridgehead atoms. The molecule has 2 N–H and O–H groups in total. The smallest absolute Gasteiger partial charge is 0.251 e. The number of carbonyl (C=O) groups is 2. The van der Waals surface area contributed by atoms with Crippen molar-refractivity contribution in [2.45, 2.75) is 37.5 Å². The van der Waals surface area contributed by atoms with E-state index >= 15 is 0 Å². The van der Waals surface area contributed by atoms with Crippen molar-refractivity contribution >= 4 is 29.3 Å². The average Bonchev–Trinajstić information content (AvgIpc) is 2.84. The minimum Gasteiger partial charge on any atom is -0.444 e. The van der Waals surface area contributed by atoms with Crippen molar-refractivity contribution < 1.29 is 14.0 Å². The third kappa shape index (κ3) is 3.24. The van der Waals surface area contributed by atoms with Gasteiger partial charge in [-0.15, -0.1) is 11.8 Å². The number of aryl methyl sites for hydroxylation is 2. The van der Waals surface area contributed by atoms with Gasteiger partial charge in [-0.25, -0.2) is 4.98 Å². The lowest BCUT2D eigenvalue weighted by atomic mass is 10.1. The summed E-state index contributed by atoms with van der Waals surface area (Å²) in [6, 6.07) is 5.29. The van der Waals surface area contributed by atoms with Crippen LogP contribution in [0.2, 0.25) is 0 Å². The predicted molar refractivity (Wildman–Crippen MR) is 87.5 cm³/mol. The van der Waals surface area contributed by atoms with Crippen molar-refractivity contribution in [2.24, 2.45) is 0 Å². The number of amides is 2. The van der Waals surface area contributed by atoms with Crippen LogP contribution in [0.15, 0.2) is 27.5 Å². The van der Waals surface area contributed by atoms with Crippen molar-refractivity contribution in [3.8, 4) is 0 Å². The molecule has 0 radical (unpaired) electrons. The number of oxazole rings is 1. The molecular formula is C16H17N3O3S. The molecule has 23 heavy (non-hydrogen) atoms. The maximum Gasteiger partial charge on any atom is 0.251 e. The molecule has 2 amide bonds. The molecule has 1 aromatic carbocycles. The summed E-state index contributed by atoms with van der Waals surface area (Å²) in [5, 5.41) is 5.46. The number of hydrogen-bond donors (Lipinski definition) is 2. The Morgan fingerprint density at radius 1 is 1.43 bits per heavy atom. The van der Waals surface area contributed by atoms with Gasteiger partial charge in [-0.2, -0.15) is 0 Å². The number of carbonyl (C=O) groups excluding carboxylic acids is 2. The van der Waals surface area contributed by atoms with Gasteiger partial charge in [0.05, 0.1) is 23.2 Å². The maximum absolute atomic E-state index is 12.2. The normalized spacial score (nSPS) is 16.7. The van der Waals surface area contributed by atoms with Gasteiger partial charge < -0.3 is 15.1 Å². The Labute approximate surface area is 138 Å². The summed E-state index contributed by atoms with van der Waals surface area (Å²) in [5.74, 6) is 0.936. The molecule has 0 saturated heterocycles. The van der Waals surface area contributed by atoms with Gasteiger partial charge in [0.2, 0.25) is 11.8 Å². The molecule has 6 nitrogen and oxygen atoms in total. The first-order chi connectivity index (χ1) is 10.9. The van der Waals surface area contributed by atoms with Crippen molar-refractivity contribution in [1.82, 2.24) is 10.3 Å². The van der Waals surface area contributed by atoms with Crippen LogP contribution < -0.4 is 10.6 Å². The molecule has 1 atom stereocenters. The number of thioether (sulfide) groups is 1. The van der Waals surface area contributed by atoms with Gasteiger partial charge in [0.15, 0.2) is 0 Å². The highest BCUT2D eigenvalue weighted by molar-refractivity contribution is 8.00. The molecule has 7 heteroatoms. The molecule has 0 aliphatic carbocycles. The highest BCUT2D eigenvalue weighted by Gasteiger charge is 2.23. The van der Waals surface area contributed by atoms with E-state index in [-0.39, 0.29) is 23.6 Å². The minimum atomic E-state index is -0.237. The van der Waals surface area contributed by atoms with Crippen LogP contribution in [0.5, 0.6) is 0 Å². The quantitative estimate of drug-likeness (QED) is 0.903. The maximum atomic E-state index is 12.2. The lowest BCUT2D eigenvalue weighted by Gasteiger charge is -2.21. The summed E-state index contributed by atoms with van der Waals surface area (Å²) in [6.07, 6.45) is 0. The molecule has 1 aliphatic rings. The molecule has 1 unspecified atom stereocenters. The first kappa shape index (κ1) is 15.6. The standard InChI is InChI=1S/C16H17N3O3S/c1-8-9(2)22-14(18-8)7-17-16(21)11-4-5-13-12(6-11)19-15(20)10(3)23-13/h4-6,10H,7H2,1-3H3,(H,17,21)(H,19,20). The summed E-state index contributed by atoms with van der Waals surface area (Å²) in [7, 11) is 0. The number of hydrogen-bond acceptors (Lipinski definition) is 5. The van der Waals surface area contributed by atoms with E-state index in [1.807, 2.05) is 26.8 Å². The third-order valence-electron chi connectivity index (χ3n) is 3.65. The SMILES string of the molecule is Cc1nc(CNC(=O)c2ccc3c(c2)NC(=O)C(C)S3)oc1C. The van der Waals surface area contributed by atoms with Gasteiger partial charge in [0.1, 0.15) is 5.76 Å². The lowest BCUT2D eigenvalue weighted by Crippen LogP contribution is -2.27. The molecule has 2 heterocycles. The number of fused-ring (bicyclic) bond motifs is 1. The molecule has 0 saturated carbocycles.